The van der Waals surface area contributed by atoms with Crippen molar-refractivity contribution in [1.29, 1.82) is 0 Å². The third kappa shape index (κ3) is 2.87. The van der Waals surface area contributed by atoms with Crippen LogP contribution in [0.3, 0.4) is 0 Å². The molecule has 4 nitrogen and oxygen atoms in total. The molecule has 0 aromatic heterocycles. The predicted octanol–water partition coefficient (Wildman–Crippen LogP) is 0.964. The number of amides is 1. The molecule has 3 N–H and O–H groups in total. The molecule has 0 bridgehead atoms. The second kappa shape index (κ2) is 5.65. The number of nitrogens with one attached hydrogen (secondary N) is 1. The molecule has 1 saturated carbocycles. The van der Waals surface area contributed by atoms with Gasteiger partial charge in [0, 0.05) is 18.6 Å². The molecule has 0 radical (unpaired) electrons. The number of nitrogens with two attached hydrogens (primary N) is 1. The lowest BCUT2D eigenvalue weighted by atomic mass is 9.82. The summed E-state index contributed by atoms with van der Waals surface area (Å²) in [6.07, 6.45) is 8.00. The minimum Gasteiger partial charge on any atom is -0.376 e. The van der Waals surface area contributed by atoms with Crippen LogP contribution in [0.15, 0.2) is 12.2 Å². The third-order valence-electron chi connectivity index (χ3n) is 3.70. The fourth-order valence-electron chi connectivity index (χ4n) is 2.54. The van der Waals surface area contributed by atoms with Gasteiger partial charge in [0.25, 0.3) is 0 Å². The van der Waals surface area contributed by atoms with Gasteiger partial charge in [-0.05, 0) is 32.6 Å². The van der Waals surface area contributed by atoms with Crippen LogP contribution < -0.4 is 11.1 Å². The maximum Gasteiger partial charge on any atom is 0.223 e. The summed E-state index contributed by atoms with van der Waals surface area (Å²) in [5.74, 6) is 0.259. The van der Waals surface area contributed by atoms with E-state index in [0.717, 1.165) is 25.7 Å². The summed E-state index contributed by atoms with van der Waals surface area (Å²) in [6.45, 7) is 2.64. The van der Waals surface area contributed by atoms with Gasteiger partial charge in [-0.2, -0.15) is 0 Å². The molecule has 4 unspecified atom stereocenters. The van der Waals surface area contributed by atoms with Crippen LogP contribution in [0, 0.1) is 5.92 Å². The van der Waals surface area contributed by atoms with E-state index in [4.69, 9.17) is 10.5 Å². The largest absolute Gasteiger partial charge is 0.376 e. The Morgan fingerprint density at radius 1 is 1.53 bits per heavy atom. The Bertz CT molecular complexity index is 302. The fraction of sp³-hybridized carbons (Fsp3) is 0.769. The van der Waals surface area contributed by atoms with E-state index in [2.05, 4.69) is 17.5 Å². The Morgan fingerprint density at radius 2 is 2.35 bits per heavy atom. The van der Waals surface area contributed by atoms with E-state index in [9.17, 15) is 4.79 Å². The molecule has 1 fully saturated rings. The van der Waals surface area contributed by atoms with Crippen LogP contribution in [-0.2, 0) is 9.53 Å². The van der Waals surface area contributed by atoms with E-state index in [0.29, 0.717) is 6.61 Å². The van der Waals surface area contributed by atoms with Crippen molar-refractivity contribution in [3.8, 4) is 0 Å². The van der Waals surface area contributed by atoms with Crippen LogP contribution in [0.2, 0.25) is 0 Å². The number of carbonyl (C=O) groups is 1. The van der Waals surface area contributed by atoms with E-state index in [1.54, 1.807) is 0 Å². The summed E-state index contributed by atoms with van der Waals surface area (Å²) < 4.78 is 5.54. The quantitative estimate of drug-likeness (QED) is 0.717. The summed E-state index contributed by atoms with van der Waals surface area (Å²) in [5, 5.41) is 3.05. The molecule has 0 aromatic carbocycles. The number of hydrogen-bond donors (Lipinski definition) is 2. The topological polar surface area (TPSA) is 64.3 Å². The van der Waals surface area contributed by atoms with Crippen molar-refractivity contribution < 1.29 is 9.53 Å². The van der Waals surface area contributed by atoms with Crippen molar-refractivity contribution >= 4 is 5.91 Å². The highest BCUT2D eigenvalue weighted by molar-refractivity contribution is 5.79. The smallest absolute Gasteiger partial charge is 0.223 e. The van der Waals surface area contributed by atoms with E-state index >= 15 is 0 Å². The third-order valence-corrected chi connectivity index (χ3v) is 3.70. The minimum atomic E-state index is 0.00774. The molecular formula is C13H22N2O2. The summed E-state index contributed by atoms with van der Waals surface area (Å²) in [7, 11) is 0. The first-order valence-corrected chi connectivity index (χ1v) is 6.55. The standard InChI is InChI=1S/C13H22N2O2/c1-2-17-11-8-10(14)12(11)15-13(16)9-6-4-3-5-7-9/h3-4,9-12H,2,5-8,14H2,1H3,(H,15,16). The van der Waals surface area contributed by atoms with Crippen molar-refractivity contribution in [3.05, 3.63) is 12.2 Å². The normalized spacial score (nSPS) is 36.4. The van der Waals surface area contributed by atoms with Crippen LogP contribution >= 0.6 is 0 Å². The van der Waals surface area contributed by atoms with Gasteiger partial charge in [0.2, 0.25) is 5.91 Å². The minimum absolute atomic E-state index is 0.00774. The number of carbonyl (C=O) groups excluding carboxylic acids is 1. The van der Waals surface area contributed by atoms with Crippen molar-refractivity contribution in [2.45, 2.75) is 50.8 Å². The monoisotopic (exact) mass is 238 g/mol. The van der Waals surface area contributed by atoms with Gasteiger partial charge in [0.15, 0.2) is 0 Å². The molecule has 0 saturated heterocycles. The van der Waals surface area contributed by atoms with E-state index < -0.39 is 0 Å². The Balaban J connectivity index is 1.82. The second-order valence-electron chi connectivity index (χ2n) is 4.91. The highest BCUT2D eigenvalue weighted by Crippen LogP contribution is 2.24. The first-order valence-electron chi connectivity index (χ1n) is 6.55. The lowest BCUT2D eigenvalue weighted by Gasteiger charge is -2.43. The molecule has 17 heavy (non-hydrogen) atoms. The molecule has 2 aliphatic carbocycles. The summed E-state index contributed by atoms with van der Waals surface area (Å²) >= 11 is 0. The molecule has 0 spiro atoms. The van der Waals surface area contributed by atoms with Crippen LogP contribution in [0.5, 0.6) is 0 Å². The highest BCUT2D eigenvalue weighted by atomic mass is 16.5. The second-order valence-corrected chi connectivity index (χ2v) is 4.91. The SMILES string of the molecule is CCOC1CC(N)C1NC(=O)C1CC=CCC1. The molecule has 4 heteroatoms. The van der Waals surface area contributed by atoms with Gasteiger partial charge in [-0.25, -0.2) is 0 Å². The molecule has 0 aromatic rings. The number of rotatable bonds is 4. The van der Waals surface area contributed by atoms with Crippen molar-refractivity contribution in [2.24, 2.45) is 11.7 Å². The summed E-state index contributed by atoms with van der Waals surface area (Å²) in [6, 6.07) is 0.0583. The van der Waals surface area contributed by atoms with Crippen molar-refractivity contribution in [2.75, 3.05) is 6.61 Å². The zero-order valence-corrected chi connectivity index (χ0v) is 10.4. The van der Waals surface area contributed by atoms with Crippen molar-refractivity contribution in [1.82, 2.24) is 5.32 Å². The van der Waals surface area contributed by atoms with E-state index in [1.165, 1.54) is 0 Å². The van der Waals surface area contributed by atoms with Crippen molar-refractivity contribution in [3.63, 3.8) is 0 Å². The van der Waals surface area contributed by atoms with Crippen LogP contribution in [0.4, 0.5) is 0 Å². The lowest BCUT2D eigenvalue weighted by molar-refractivity contribution is -0.129. The number of hydrogen-bond acceptors (Lipinski definition) is 3. The molecule has 0 aliphatic heterocycles. The Hall–Kier alpha value is -0.870. The van der Waals surface area contributed by atoms with E-state index in [-0.39, 0.29) is 30.0 Å². The number of allylic oxidation sites excluding steroid dienone is 2. The molecule has 2 aliphatic rings. The predicted molar refractivity (Wildman–Crippen MR) is 66.4 cm³/mol. The average Bonchev–Trinajstić information content (AvgIpc) is 2.36. The molecule has 0 heterocycles. The van der Waals surface area contributed by atoms with Gasteiger partial charge >= 0.3 is 0 Å². The van der Waals surface area contributed by atoms with Crippen LogP contribution in [-0.4, -0.2) is 30.7 Å². The molecular weight excluding hydrogens is 216 g/mol. The Labute approximate surface area is 103 Å². The zero-order valence-electron chi connectivity index (χ0n) is 10.4. The zero-order chi connectivity index (χ0) is 12.3. The first-order chi connectivity index (χ1) is 8.22. The van der Waals surface area contributed by atoms with Gasteiger partial charge in [0.1, 0.15) is 0 Å². The first kappa shape index (κ1) is 12.6. The fourth-order valence-corrected chi connectivity index (χ4v) is 2.54. The Kier molecular flexibility index (Phi) is 4.18. The van der Waals surface area contributed by atoms with Gasteiger partial charge in [-0.15, -0.1) is 0 Å². The molecule has 96 valence electrons. The Morgan fingerprint density at radius 3 is 2.94 bits per heavy atom. The molecule has 2 rings (SSSR count). The van der Waals surface area contributed by atoms with Gasteiger partial charge in [-0.3, -0.25) is 4.79 Å². The molecule has 1 amide bonds. The maximum atomic E-state index is 12.0. The lowest BCUT2D eigenvalue weighted by Crippen LogP contribution is -2.65. The van der Waals surface area contributed by atoms with Crippen LogP contribution in [0.1, 0.15) is 32.6 Å². The van der Waals surface area contributed by atoms with Gasteiger partial charge in [-0.1, -0.05) is 12.2 Å². The summed E-state index contributed by atoms with van der Waals surface area (Å²) in [5.41, 5.74) is 5.91. The van der Waals surface area contributed by atoms with Gasteiger partial charge < -0.3 is 15.8 Å². The van der Waals surface area contributed by atoms with Gasteiger partial charge in [0.05, 0.1) is 12.1 Å². The van der Waals surface area contributed by atoms with E-state index in [1.807, 2.05) is 6.92 Å². The van der Waals surface area contributed by atoms with Crippen LogP contribution in [0.25, 0.3) is 0 Å². The average molecular weight is 238 g/mol. The molecule has 4 atom stereocenters. The number of ether oxygens (including phenoxy) is 1. The highest BCUT2D eigenvalue weighted by Gasteiger charge is 2.41. The summed E-state index contributed by atoms with van der Waals surface area (Å²) in [4.78, 5) is 12.0. The maximum absolute atomic E-state index is 12.0.